The molecule has 0 aliphatic heterocycles. The van der Waals surface area contributed by atoms with Crippen LogP contribution in [-0.2, 0) is 0 Å². The maximum atomic E-state index is 10.7. The van der Waals surface area contributed by atoms with Crippen LogP contribution in [0.1, 0.15) is 10.4 Å². The van der Waals surface area contributed by atoms with Gasteiger partial charge >= 0.3 is 5.97 Å². The molecule has 0 aromatic heterocycles. The van der Waals surface area contributed by atoms with Crippen LogP contribution in [0.25, 0.3) is 11.1 Å². The molecule has 0 radical (unpaired) electrons. The van der Waals surface area contributed by atoms with Crippen molar-refractivity contribution in [3.63, 3.8) is 0 Å². The number of carboxylic acids is 1. The molecule has 0 aliphatic rings. The third-order valence-corrected chi connectivity index (χ3v) is 2.47. The molecule has 4 N–H and O–H groups in total. The molecular formula is C13H11NO3. The first-order chi connectivity index (χ1) is 8.08. The van der Waals surface area contributed by atoms with Gasteiger partial charge in [-0.1, -0.05) is 18.2 Å². The molecule has 0 unspecified atom stereocenters. The summed E-state index contributed by atoms with van der Waals surface area (Å²) < 4.78 is 0. The zero-order valence-corrected chi connectivity index (χ0v) is 8.92. The van der Waals surface area contributed by atoms with Crippen LogP contribution < -0.4 is 5.73 Å². The maximum Gasteiger partial charge on any atom is 0.339 e. The van der Waals surface area contributed by atoms with E-state index >= 15 is 0 Å². The van der Waals surface area contributed by atoms with Crippen molar-refractivity contribution in [2.24, 2.45) is 0 Å². The molecule has 86 valence electrons. The number of nitrogens with two attached hydrogens (primary N) is 1. The lowest BCUT2D eigenvalue weighted by Gasteiger charge is -2.05. The van der Waals surface area contributed by atoms with Gasteiger partial charge in [0.15, 0.2) is 0 Å². The second kappa shape index (κ2) is 4.17. The van der Waals surface area contributed by atoms with Gasteiger partial charge in [-0.25, -0.2) is 4.79 Å². The quantitative estimate of drug-likeness (QED) is 0.690. The fourth-order valence-corrected chi connectivity index (χ4v) is 1.57. The van der Waals surface area contributed by atoms with Gasteiger partial charge in [0.25, 0.3) is 0 Å². The summed E-state index contributed by atoms with van der Waals surface area (Å²) in [6.07, 6.45) is 0. The van der Waals surface area contributed by atoms with Crippen molar-refractivity contribution in [1.82, 2.24) is 0 Å². The van der Waals surface area contributed by atoms with Crippen LogP contribution >= 0.6 is 0 Å². The second-order valence-electron chi connectivity index (χ2n) is 3.66. The molecule has 0 aliphatic carbocycles. The van der Waals surface area contributed by atoms with Crippen LogP contribution in [0.4, 0.5) is 5.69 Å². The van der Waals surface area contributed by atoms with Crippen molar-refractivity contribution < 1.29 is 15.0 Å². The van der Waals surface area contributed by atoms with Gasteiger partial charge in [-0.05, 0) is 35.4 Å². The van der Waals surface area contributed by atoms with Crippen LogP contribution in [-0.4, -0.2) is 16.2 Å². The highest BCUT2D eigenvalue weighted by atomic mass is 16.4. The minimum atomic E-state index is -1.15. The molecular weight excluding hydrogens is 218 g/mol. The summed E-state index contributed by atoms with van der Waals surface area (Å²) in [5.74, 6) is -1.39. The predicted molar refractivity (Wildman–Crippen MR) is 64.9 cm³/mol. The van der Waals surface area contributed by atoms with Gasteiger partial charge in [0, 0.05) is 5.69 Å². The molecule has 0 saturated heterocycles. The van der Waals surface area contributed by atoms with Gasteiger partial charge < -0.3 is 15.9 Å². The molecule has 0 saturated carbocycles. The van der Waals surface area contributed by atoms with Crippen molar-refractivity contribution in [2.45, 2.75) is 0 Å². The first kappa shape index (κ1) is 11.0. The third kappa shape index (κ3) is 2.20. The highest BCUT2D eigenvalue weighted by molar-refractivity contribution is 5.91. The topological polar surface area (TPSA) is 83.6 Å². The van der Waals surface area contributed by atoms with Gasteiger partial charge in [-0.15, -0.1) is 0 Å². The van der Waals surface area contributed by atoms with Gasteiger partial charge in [0.1, 0.15) is 11.3 Å². The van der Waals surface area contributed by atoms with Gasteiger partial charge in [-0.2, -0.15) is 0 Å². The fourth-order valence-electron chi connectivity index (χ4n) is 1.57. The largest absolute Gasteiger partial charge is 0.507 e. The van der Waals surface area contributed by atoms with Gasteiger partial charge in [0.2, 0.25) is 0 Å². The first-order valence-electron chi connectivity index (χ1n) is 5.00. The number of hydrogen-bond donors (Lipinski definition) is 3. The standard InChI is InChI=1S/C13H11NO3/c14-10-4-1-8(2-5-10)9-3-6-11(13(16)17)12(15)7-9/h1-7,15H,14H2,(H,16,17). The van der Waals surface area contributed by atoms with Gasteiger partial charge in [0.05, 0.1) is 0 Å². The lowest BCUT2D eigenvalue weighted by molar-refractivity contribution is 0.0694. The Balaban J connectivity index is 2.44. The molecule has 4 nitrogen and oxygen atoms in total. The molecule has 0 fully saturated rings. The minimum Gasteiger partial charge on any atom is -0.507 e. The molecule has 2 rings (SSSR count). The van der Waals surface area contributed by atoms with E-state index in [0.717, 1.165) is 11.1 Å². The van der Waals surface area contributed by atoms with Crippen LogP contribution in [0.15, 0.2) is 42.5 Å². The van der Waals surface area contributed by atoms with E-state index in [1.807, 2.05) is 12.1 Å². The number of carbonyl (C=O) groups is 1. The molecule has 0 heterocycles. The normalized spacial score (nSPS) is 10.1. The maximum absolute atomic E-state index is 10.7. The highest BCUT2D eigenvalue weighted by Crippen LogP contribution is 2.26. The molecule has 0 spiro atoms. The van der Waals surface area contributed by atoms with Gasteiger partial charge in [-0.3, -0.25) is 0 Å². The summed E-state index contributed by atoms with van der Waals surface area (Å²) >= 11 is 0. The Morgan fingerprint density at radius 1 is 1.00 bits per heavy atom. The summed E-state index contributed by atoms with van der Waals surface area (Å²) in [5, 5.41) is 18.4. The Morgan fingerprint density at radius 2 is 1.59 bits per heavy atom. The number of phenols is 1. The molecule has 4 heteroatoms. The summed E-state index contributed by atoms with van der Waals surface area (Å²) in [6, 6.07) is 11.6. The Kier molecular flexibility index (Phi) is 2.70. The zero-order valence-electron chi connectivity index (χ0n) is 8.92. The summed E-state index contributed by atoms with van der Waals surface area (Å²) in [4.78, 5) is 10.7. The Hall–Kier alpha value is -2.49. The number of aromatic hydroxyl groups is 1. The van der Waals surface area contributed by atoms with E-state index < -0.39 is 5.97 Å². The summed E-state index contributed by atoms with van der Waals surface area (Å²) in [6.45, 7) is 0. The van der Waals surface area contributed by atoms with E-state index in [2.05, 4.69) is 0 Å². The molecule has 0 atom stereocenters. The van der Waals surface area contributed by atoms with Crippen LogP contribution in [0.5, 0.6) is 5.75 Å². The molecule has 0 amide bonds. The SMILES string of the molecule is Nc1ccc(-c2ccc(C(=O)O)c(O)c2)cc1. The minimum absolute atomic E-state index is 0.107. The molecule has 2 aromatic carbocycles. The van der Waals surface area contributed by atoms with Crippen LogP contribution in [0.2, 0.25) is 0 Å². The van der Waals surface area contributed by atoms with E-state index in [-0.39, 0.29) is 11.3 Å². The summed E-state index contributed by atoms with van der Waals surface area (Å²) in [5.41, 5.74) is 7.73. The Labute approximate surface area is 97.9 Å². The van der Waals surface area contributed by atoms with E-state index in [0.29, 0.717) is 5.69 Å². The smallest absolute Gasteiger partial charge is 0.339 e. The Morgan fingerprint density at radius 3 is 2.12 bits per heavy atom. The van der Waals surface area contributed by atoms with E-state index in [4.69, 9.17) is 10.8 Å². The number of carboxylic acid groups (broad SMARTS) is 1. The van der Waals surface area contributed by atoms with Crippen molar-refractivity contribution in [2.75, 3.05) is 5.73 Å². The molecule has 17 heavy (non-hydrogen) atoms. The van der Waals surface area contributed by atoms with Crippen molar-refractivity contribution >= 4 is 11.7 Å². The Bertz CT molecular complexity index is 561. The lowest BCUT2D eigenvalue weighted by Crippen LogP contribution is -1.96. The molecule has 2 aromatic rings. The average molecular weight is 229 g/mol. The first-order valence-corrected chi connectivity index (χ1v) is 5.00. The number of anilines is 1. The van der Waals surface area contributed by atoms with Crippen molar-refractivity contribution in [3.05, 3.63) is 48.0 Å². The van der Waals surface area contributed by atoms with Crippen LogP contribution in [0.3, 0.4) is 0 Å². The zero-order chi connectivity index (χ0) is 12.4. The monoisotopic (exact) mass is 229 g/mol. The van der Waals surface area contributed by atoms with E-state index in [1.54, 1.807) is 18.2 Å². The number of aromatic carboxylic acids is 1. The van der Waals surface area contributed by atoms with Crippen molar-refractivity contribution in [1.29, 1.82) is 0 Å². The molecule has 0 bridgehead atoms. The van der Waals surface area contributed by atoms with E-state index in [9.17, 15) is 9.90 Å². The number of benzene rings is 2. The lowest BCUT2D eigenvalue weighted by atomic mass is 10.0. The predicted octanol–water partition coefficient (Wildman–Crippen LogP) is 2.34. The average Bonchev–Trinajstić information content (AvgIpc) is 2.29. The second-order valence-corrected chi connectivity index (χ2v) is 3.66. The fraction of sp³-hybridized carbons (Fsp3) is 0. The highest BCUT2D eigenvalue weighted by Gasteiger charge is 2.10. The van der Waals surface area contributed by atoms with Crippen LogP contribution in [0, 0.1) is 0 Å². The number of nitrogen functional groups attached to an aromatic ring is 1. The number of rotatable bonds is 2. The van der Waals surface area contributed by atoms with Crippen molar-refractivity contribution in [3.8, 4) is 16.9 Å². The third-order valence-electron chi connectivity index (χ3n) is 2.47. The van der Waals surface area contributed by atoms with E-state index in [1.165, 1.54) is 12.1 Å². The number of hydrogen-bond acceptors (Lipinski definition) is 3. The summed E-state index contributed by atoms with van der Waals surface area (Å²) in [7, 11) is 0.